The topological polar surface area (TPSA) is 45.2 Å². The van der Waals surface area contributed by atoms with Gasteiger partial charge >= 0.3 is 0 Å². The Labute approximate surface area is 102 Å². The Kier molecular flexibility index (Phi) is 3.61. The number of pyridine rings is 1. The van der Waals surface area contributed by atoms with Crippen LogP contribution >= 0.6 is 0 Å². The Morgan fingerprint density at radius 1 is 1.41 bits per heavy atom. The number of rotatable bonds is 2. The second-order valence-corrected chi connectivity index (χ2v) is 4.68. The molecule has 4 nitrogen and oxygen atoms in total. The van der Waals surface area contributed by atoms with Gasteiger partial charge in [-0.25, -0.2) is 0 Å². The van der Waals surface area contributed by atoms with Crippen molar-refractivity contribution in [2.75, 3.05) is 18.4 Å². The fourth-order valence-corrected chi connectivity index (χ4v) is 2.21. The molecule has 1 aromatic heterocycles. The number of likely N-dealkylation sites (tertiary alicyclic amines) is 1. The van der Waals surface area contributed by atoms with E-state index in [4.69, 9.17) is 0 Å². The molecule has 0 aromatic carbocycles. The average molecular weight is 233 g/mol. The Bertz CT molecular complexity index is 397. The van der Waals surface area contributed by atoms with Crippen molar-refractivity contribution in [1.82, 2.24) is 9.88 Å². The lowest BCUT2D eigenvalue weighted by Crippen LogP contribution is -2.41. The van der Waals surface area contributed by atoms with Crippen LogP contribution in [0.2, 0.25) is 0 Å². The maximum absolute atomic E-state index is 11.2. The van der Waals surface area contributed by atoms with Crippen LogP contribution in [-0.4, -0.2) is 34.9 Å². The van der Waals surface area contributed by atoms with E-state index in [0.29, 0.717) is 6.04 Å². The highest BCUT2D eigenvalue weighted by atomic mass is 16.2. The quantitative estimate of drug-likeness (QED) is 0.847. The normalized spacial score (nSPS) is 16.9. The first-order valence-electron chi connectivity index (χ1n) is 6.09. The highest BCUT2D eigenvalue weighted by Gasteiger charge is 2.20. The second-order valence-electron chi connectivity index (χ2n) is 4.68. The Balaban J connectivity index is 1.88. The SMILES string of the molecule is CC(=O)N1CCC(Nc2cncc(C)c2)CC1. The van der Waals surface area contributed by atoms with Crippen LogP contribution in [0.15, 0.2) is 18.5 Å². The minimum atomic E-state index is 0.181. The molecule has 2 rings (SSSR count). The summed E-state index contributed by atoms with van der Waals surface area (Å²) in [5.41, 5.74) is 2.24. The van der Waals surface area contributed by atoms with Crippen molar-refractivity contribution < 1.29 is 4.79 Å². The van der Waals surface area contributed by atoms with Gasteiger partial charge in [-0.05, 0) is 31.4 Å². The Hall–Kier alpha value is -1.58. The van der Waals surface area contributed by atoms with Crippen LogP contribution in [-0.2, 0) is 4.79 Å². The maximum Gasteiger partial charge on any atom is 0.219 e. The van der Waals surface area contributed by atoms with Crippen molar-refractivity contribution in [2.45, 2.75) is 32.7 Å². The minimum Gasteiger partial charge on any atom is -0.381 e. The maximum atomic E-state index is 11.2. The molecule has 2 heterocycles. The van der Waals surface area contributed by atoms with Crippen LogP contribution in [0.1, 0.15) is 25.3 Å². The Morgan fingerprint density at radius 3 is 2.71 bits per heavy atom. The van der Waals surface area contributed by atoms with Gasteiger partial charge in [0.1, 0.15) is 0 Å². The summed E-state index contributed by atoms with van der Waals surface area (Å²) >= 11 is 0. The first kappa shape index (κ1) is 11.9. The number of nitrogens with one attached hydrogen (secondary N) is 1. The van der Waals surface area contributed by atoms with Gasteiger partial charge < -0.3 is 10.2 Å². The second kappa shape index (κ2) is 5.17. The Morgan fingerprint density at radius 2 is 2.12 bits per heavy atom. The molecule has 17 heavy (non-hydrogen) atoms. The summed E-state index contributed by atoms with van der Waals surface area (Å²) in [6.07, 6.45) is 5.72. The van der Waals surface area contributed by atoms with Crippen molar-refractivity contribution in [3.05, 3.63) is 24.0 Å². The summed E-state index contributed by atoms with van der Waals surface area (Å²) in [6, 6.07) is 2.55. The molecular formula is C13H19N3O. The molecule has 0 aliphatic carbocycles. The van der Waals surface area contributed by atoms with Crippen molar-refractivity contribution in [1.29, 1.82) is 0 Å². The molecule has 1 aromatic rings. The lowest BCUT2D eigenvalue weighted by Gasteiger charge is -2.32. The van der Waals surface area contributed by atoms with Crippen LogP contribution in [0.3, 0.4) is 0 Å². The number of nitrogens with zero attached hydrogens (tertiary/aromatic N) is 2. The van der Waals surface area contributed by atoms with E-state index in [1.54, 1.807) is 6.92 Å². The summed E-state index contributed by atoms with van der Waals surface area (Å²) in [4.78, 5) is 17.3. The van der Waals surface area contributed by atoms with E-state index >= 15 is 0 Å². The minimum absolute atomic E-state index is 0.181. The first-order valence-corrected chi connectivity index (χ1v) is 6.09. The highest BCUT2D eigenvalue weighted by Crippen LogP contribution is 2.16. The van der Waals surface area contributed by atoms with Crippen LogP contribution < -0.4 is 5.32 Å². The van der Waals surface area contributed by atoms with Gasteiger partial charge in [-0.15, -0.1) is 0 Å². The number of hydrogen-bond acceptors (Lipinski definition) is 3. The molecule has 4 heteroatoms. The monoisotopic (exact) mass is 233 g/mol. The van der Waals surface area contributed by atoms with Gasteiger partial charge in [-0.3, -0.25) is 9.78 Å². The number of carbonyl (C=O) groups excluding carboxylic acids is 1. The van der Waals surface area contributed by atoms with Crippen molar-refractivity contribution in [3.8, 4) is 0 Å². The molecule has 1 fully saturated rings. The number of carbonyl (C=O) groups is 1. The summed E-state index contributed by atoms with van der Waals surface area (Å²) < 4.78 is 0. The predicted octanol–water partition coefficient (Wildman–Crippen LogP) is 1.81. The van der Waals surface area contributed by atoms with Crippen LogP contribution in [0.25, 0.3) is 0 Å². The highest BCUT2D eigenvalue weighted by molar-refractivity contribution is 5.73. The van der Waals surface area contributed by atoms with Crippen LogP contribution in [0.4, 0.5) is 5.69 Å². The molecule has 0 bridgehead atoms. The average Bonchev–Trinajstić information content (AvgIpc) is 2.29. The number of amides is 1. The largest absolute Gasteiger partial charge is 0.381 e. The smallest absolute Gasteiger partial charge is 0.219 e. The molecule has 92 valence electrons. The van der Waals surface area contributed by atoms with Gasteiger partial charge in [0.2, 0.25) is 5.91 Å². The number of piperidine rings is 1. The summed E-state index contributed by atoms with van der Waals surface area (Å²) in [5.74, 6) is 0.181. The van der Waals surface area contributed by atoms with Gasteiger partial charge in [0.05, 0.1) is 5.69 Å². The lowest BCUT2D eigenvalue weighted by molar-refractivity contribution is -0.129. The molecule has 1 amide bonds. The summed E-state index contributed by atoms with van der Waals surface area (Å²) in [6.45, 7) is 5.38. The molecule has 1 aliphatic heterocycles. The van der Waals surface area contributed by atoms with Crippen molar-refractivity contribution in [2.24, 2.45) is 0 Å². The third-order valence-electron chi connectivity index (χ3n) is 3.19. The van der Waals surface area contributed by atoms with Gasteiger partial charge in [0.15, 0.2) is 0 Å². The number of aromatic nitrogens is 1. The number of hydrogen-bond donors (Lipinski definition) is 1. The van der Waals surface area contributed by atoms with E-state index in [-0.39, 0.29) is 5.91 Å². The fourth-order valence-electron chi connectivity index (χ4n) is 2.21. The van der Waals surface area contributed by atoms with E-state index in [9.17, 15) is 4.79 Å². The molecule has 0 saturated carbocycles. The van der Waals surface area contributed by atoms with E-state index in [0.717, 1.165) is 37.2 Å². The molecule has 0 spiro atoms. The molecule has 0 radical (unpaired) electrons. The summed E-state index contributed by atoms with van der Waals surface area (Å²) in [7, 11) is 0. The van der Waals surface area contributed by atoms with E-state index in [1.165, 1.54) is 0 Å². The predicted molar refractivity (Wildman–Crippen MR) is 67.9 cm³/mol. The number of aryl methyl sites for hydroxylation is 1. The summed E-state index contributed by atoms with van der Waals surface area (Å²) in [5, 5.41) is 3.48. The van der Waals surface area contributed by atoms with E-state index < -0.39 is 0 Å². The third-order valence-corrected chi connectivity index (χ3v) is 3.19. The first-order chi connectivity index (χ1) is 8.15. The van der Waals surface area contributed by atoms with Crippen LogP contribution in [0, 0.1) is 6.92 Å². The van der Waals surface area contributed by atoms with Gasteiger partial charge in [0.25, 0.3) is 0 Å². The lowest BCUT2D eigenvalue weighted by atomic mass is 10.0. The standard InChI is InChI=1S/C13H19N3O/c1-10-7-13(9-14-8-10)15-12-3-5-16(6-4-12)11(2)17/h7-9,12,15H,3-6H2,1-2H3. The number of anilines is 1. The van der Waals surface area contributed by atoms with E-state index in [2.05, 4.69) is 16.4 Å². The third kappa shape index (κ3) is 3.19. The molecule has 1 aliphatic rings. The van der Waals surface area contributed by atoms with Gasteiger partial charge in [0, 0.05) is 38.4 Å². The molecule has 1 saturated heterocycles. The fraction of sp³-hybridized carbons (Fsp3) is 0.538. The molecule has 0 atom stereocenters. The zero-order chi connectivity index (χ0) is 12.3. The van der Waals surface area contributed by atoms with Gasteiger partial charge in [-0.2, -0.15) is 0 Å². The van der Waals surface area contributed by atoms with Crippen molar-refractivity contribution >= 4 is 11.6 Å². The molecular weight excluding hydrogens is 214 g/mol. The van der Waals surface area contributed by atoms with Crippen LogP contribution in [0.5, 0.6) is 0 Å². The molecule has 1 N–H and O–H groups in total. The zero-order valence-electron chi connectivity index (χ0n) is 10.4. The molecule has 0 unspecified atom stereocenters. The van der Waals surface area contributed by atoms with Crippen molar-refractivity contribution in [3.63, 3.8) is 0 Å². The zero-order valence-corrected chi connectivity index (χ0v) is 10.4. The van der Waals surface area contributed by atoms with Gasteiger partial charge in [-0.1, -0.05) is 0 Å². The van der Waals surface area contributed by atoms with E-state index in [1.807, 2.05) is 24.2 Å².